The van der Waals surface area contributed by atoms with Gasteiger partial charge in [-0.1, -0.05) is 6.07 Å². The van der Waals surface area contributed by atoms with Crippen molar-refractivity contribution in [2.24, 2.45) is 0 Å². The Bertz CT molecular complexity index is 1010. The number of halogens is 9. The molecule has 3 fully saturated rings. The Labute approximate surface area is 256 Å². The van der Waals surface area contributed by atoms with Crippen LogP contribution in [0.2, 0.25) is 0 Å². The number of aliphatic carboxylic acids is 3. The second-order valence-electron chi connectivity index (χ2n) is 10.1. The van der Waals surface area contributed by atoms with E-state index in [4.69, 9.17) is 39.2 Å². The number of likely N-dealkylation sites (tertiary alicyclic amines) is 2. The standard InChI is InChI=1S/C20H31N3O2.3C2HF3O2/c1-2-10-22(9-1)12-13-24-16-18-5-6-19-20(25-18)7-11-23(19)15-17-4-3-8-21-14-17;3*3-2(4,5)1(6)7/h3-4,8,14,18-20H,1-2,5-7,9-13,15-16H2;3*(H,6,7)/t18-,19-,20-;;;/m0.../s1. The second-order valence-corrected chi connectivity index (χ2v) is 10.1. The molecule has 0 radical (unpaired) electrons. The summed E-state index contributed by atoms with van der Waals surface area (Å²) in [4.78, 5) is 36.0. The van der Waals surface area contributed by atoms with E-state index in [1.54, 1.807) is 0 Å². The van der Waals surface area contributed by atoms with Crippen LogP contribution in [0.15, 0.2) is 24.5 Å². The van der Waals surface area contributed by atoms with Crippen molar-refractivity contribution < 1.29 is 78.7 Å². The molecular weight excluding hydrogens is 653 g/mol. The van der Waals surface area contributed by atoms with Crippen LogP contribution in [0.1, 0.15) is 37.7 Å². The molecule has 3 saturated heterocycles. The average Bonchev–Trinajstić information content (AvgIpc) is 3.61. The number of carboxylic acid groups (broad SMARTS) is 3. The Hall–Kier alpha value is -3.23. The fourth-order valence-corrected chi connectivity index (χ4v) is 4.55. The third-order valence-electron chi connectivity index (χ3n) is 6.64. The summed E-state index contributed by atoms with van der Waals surface area (Å²) in [6, 6.07) is 4.76. The number of hydrogen-bond acceptors (Lipinski definition) is 8. The fourth-order valence-electron chi connectivity index (χ4n) is 4.55. The SMILES string of the molecule is O=C(O)C(F)(F)F.O=C(O)C(F)(F)F.O=C(O)C(F)(F)F.c1cncc(CN2CC[C@@H]3O[C@H](COCCN4CCCC4)CC[C@@H]32)c1. The van der Waals surface area contributed by atoms with Crippen molar-refractivity contribution in [3.63, 3.8) is 0 Å². The van der Waals surface area contributed by atoms with Gasteiger partial charge in [-0.2, -0.15) is 39.5 Å². The van der Waals surface area contributed by atoms with Gasteiger partial charge in [0.2, 0.25) is 0 Å². The zero-order valence-electron chi connectivity index (χ0n) is 24.2. The van der Waals surface area contributed by atoms with Gasteiger partial charge in [-0.15, -0.1) is 0 Å². The summed E-state index contributed by atoms with van der Waals surface area (Å²) in [5.41, 5.74) is 1.30. The first-order chi connectivity index (χ1) is 21.2. The molecule has 0 aliphatic carbocycles. The molecule has 264 valence electrons. The maximum absolute atomic E-state index is 10.6. The number of rotatable bonds is 7. The predicted molar refractivity (Wildman–Crippen MR) is 139 cm³/mol. The van der Waals surface area contributed by atoms with Crippen LogP contribution in [-0.2, 0) is 30.4 Å². The topological polar surface area (TPSA) is 150 Å². The number of alkyl halides is 9. The molecule has 46 heavy (non-hydrogen) atoms. The van der Waals surface area contributed by atoms with Crippen LogP contribution in [0.3, 0.4) is 0 Å². The maximum atomic E-state index is 10.6. The number of fused-ring (bicyclic) bond motifs is 1. The Kier molecular flexibility index (Phi) is 16.7. The molecule has 0 spiro atoms. The molecule has 20 heteroatoms. The molecule has 1 aromatic heterocycles. The number of carboxylic acids is 3. The second kappa shape index (κ2) is 18.8. The van der Waals surface area contributed by atoms with Crippen molar-refractivity contribution in [2.45, 2.75) is 75.4 Å². The lowest BCUT2D eigenvalue weighted by Gasteiger charge is -2.36. The minimum atomic E-state index is -5.08. The fraction of sp³-hybridized carbons (Fsp3) is 0.692. The molecule has 1 aromatic rings. The smallest absolute Gasteiger partial charge is 0.475 e. The summed E-state index contributed by atoms with van der Waals surface area (Å²) >= 11 is 0. The van der Waals surface area contributed by atoms with E-state index in [-0.39, 0.29) is 6.10 Å². The molecule has 4 heterocycles. The largest absolute Gasteiger partial charge is 0.490 e. The highest BCUT2D eigenvalue weighted by molar-refractivity contribution is 5.73. The first-order valence-electron chi connectivity index (χ1n) is 13.7. The van der Waals surface area contributed by atoms with Crippen LogP contribution in [0.25, 0.3) is 0 Å². The van der Waals surface area contributed by atoms with Gasteiger partial charge in [-0.05, 0) is 56.8 Å². The van der Waals surface area contributed by atoms with E-state index in [1.807, 2.05) is 18.5 Å². The molecule has 4 rings (SSSR count). The lowest BCUT2D eigenvalue weighted by molar-refractivity contribution is -0.193. The maximum Gasteiger partial charge on any atom is 0.490 e. The van der Waals surface area contributed by atoms with E-state index in [2.05, 4.69) is 20.9 Å². The van der Waals surface area contributed by atoms with Gasteiger partial charge in [-0.25, -0.2) is 14.4 Å². The molecule has 0 bridgehead atoms. The molecule has 3 N–H and O–H groups in total. The molecule has 3 aliphatic rings. The summed E-state index contributed by atoms with van der Waals surface area (Å²) < 4.78 is 107. The van der Waals surface area contributed by atoms with E-state index in [1.165, 1.54) is 37.9 Å². The number of aromatic nitrogens is 1. The zero-order chi connectivity index (χ0) is 35.1. The molecule has 0 saturated carbocycles. The first kappa shape index (κ1) is 40.8. The van der Waals surface area contributed by atoms with Crippen LogP contribution in [0.4, 0.5) is 39.5 Å². The van der Waals surface area contributed by atoms with Crippen LogP contribution in [-0.4, -0.2) is 124 Å². The van der Waals surface area contributed by atoms with Gasteiger partial charge in [0.25, 0.3) is 0 Å². The number of pyridine rings is 1. The Balaban J connectivity index is 0.000000413. The van der Waals surface area contributed by atoms with E-state index in [0.29, 0.717) is 12.1 Å². The van der Waals surface area contributed by atoms with Crippen LogP contribution in [0, 0.1) is 0 Å². The van der Waals surface area contributed by atoms with Gasteiger partial charge < -0.3 is 29.7 Å². The van der Waals surface area contributed by atoms with Crippen molar-refractivity contribution in [3.8, 4) is 0 Å². The Morgan fingerprint density at radius 3 is 1.83 bits per heavy atom. The summed E-state index contributed by atoms with van der Waals surface area (Å²) in [6.07, 6.45) is -4.55. The van der Waals surface area contributed by atoms with Crippen LogP contribution < -0.4 is 0 Å². The lowest BCUT2D eigenvalue weighted by atomic mass is 9.99. The van der Waals surface area contributed by atoms with Gasteiger partial charge in [0.05, 0.1) is 25.4 Å². The van der Waals surface area contributed by atoms with E-state index in [0.717, 1.165) is 45.7 Å². The van der Waals surface area contributed by atoms with Gasteiger partial charge in [-0.3, -0.25) is 9.88 Å². The molecule has 0 aromatic carbocycles. The normalized spacial score (nSPS) is 21.8. The summed E-state index contributed by atoms with van der Waals surface area (Å²) in [5, 5.41) is 21.4. The van der Waals surface area contributed by atoms with E-state index in [9.17, 15) is 39.5 Å². The molecule has 11 nitrogen and oxygen atoms in total. The van der Waals surface area contributed by atoms with Crippen LogP contribution in [0.5, 0.6) is 0 Å². The Morgan fingerprint density at radius 1 is 0.848 bits per heavy atom. The van der Waals surface area contributed by atoms with Gasteiger partial charge in [0, 0.05) is 38.1 Å². The quantitative estimate of drug-likeness (QED) is 0.280. The third-order valence-corrected chi connectivity index (χ3v) is 6.64. The number of nitrogens with zero attached hydrogens (tertiary/aromatic N) is 3. The highest BCUT2D eigenvalue weighted by Gasteiger charge is 2.41. The molecule has 3 atom stereocenters. The monoisotopic (exact) mass is 687 g/mol. The average molecular weight is 688 g/mol. The summed E-state index contributed by atoms with van der Waals surface area (Å²) in [5.74, 6) is -8.27. The number of ether oxygens (including phenoxy) is 2. The van der Waals surface area contributed by atoms with Crippen molar-refractivity contribution in [2.75, 3.05) is 39.4 Å². The van der Waals surface area contributed by atoms with Gasteiger partial charge in [0.1, 0.15) is 0 Å². The highest BCUT2D eigenvalue weighted by atomic mass is 19.4. The van der Waals surface area contributed by atoms with Crippen molar-refractivity contribution in [1.82, 2.24) is 14.8 Å². The molecule has 3 aliphatic heterocycles. The summed E-state index contributed by atoms with van der Waals surface area (Å²) in [7, 11) is 0. The third kappa shape index (κ3) is 16.4. The van der Waals surface area contributed by atoms with Crippen LogP contribution >= 0.6 is 0 Å². The van der Waals surface area contributed by atoms with Crippen molar-refractivity contribution in [1.29, 1.82) is 0 Å². The highest BCUT2D eigenvalue weighted by Crippen LogP contribution is 2.32. The summed E-state index contributed by atoms with van der Waals surface area (Å²) in [6.45, 7) is 7.32. The minimum absolute atomic E-state index is 0.290. The lowest BCUT2D eigenvalue weighted by Crippen LogP contribution is -2.43. The van der Waals surface area contributed by atoms with Gasteiger partial charge in [0.15, 0.2) is 0 Å². The molecule has 0 unspecified atom stereocenters. The van der Waals surface area contributed by atoms with Crippen molar-refractivity contribution >= 4 is 17.9 Å². The Morgan fingerprint density at radius 2 is 1.37 bits per heavy atom. The van der Waals surface area contributed by atoms with Gasteiger partial charge >= 0.3 is 36.4 Å². The predicted octanol–water partition coefficient (Wildman–Crippen LogP) is 4.22. The first-order valence-corrected chi connectivity index (χ1v) is 13.7. The number of hydrogen-bond donors (Lipinski definition) is 3. The number of carbonyl (C=O) groups is 3. The minimum Gasteiger partial charge on any atom is -0.475 e. The molecular formula is C26H34F9N3O8. The van der Waals surface area contributed by atoms with E-state index < -0.39 is 36.4 Å². The molecule has 0 amide bonds. The van der Waals surface area contributed by atoms with Crippen molar-refractivity contribution in [3.05, 3.63) is 30.1 Å². The van der Waals surface area contributed by atoms with E-state index >= 15 is 0 Å². The zero-order valence-corrected chi connectivity index (χ0v) is 24.2.